The summed E-state index contributed by atoms with van der Waals surface area (Å²) < 4.78 is 5.75. The lowest BCUT2D eigenvalue weighted by atomic mass is 9.87. The highest BCUT2D eigenvalue weighted by molar-refractivity contribution is 5.79. The Balaban J connectivity index is 1.84. The van der Waals surface area contributed by atoms with Crippen LogP contribution in [0.2, 0.25) is 0 Å². The quantitative estimate of drug-likeness (QED) is 0.729. The first-order chi connectivity index (χ1) is 8.79. The molecule has 1 saturated carbocycles. The van der Waals surface area contributed by atoms with Crippen molar-refractivity contribution < 1.29 is 9.53 Å². The molecule has 2 heteroatoms. The van der Waals surface area contributed by atoms with Gasteiger partial charge in [-0.15, -0.1) is 0 Å². The van der Waals surface area contributed by atoms with Gasteiger partial charge in [-0.25, -0.2) is 0 Å². The molecule has 2 nitrogen and oxygen atoms in total. The molecule has 0 N–H and O–H groups in total. The Morgan fingerprint density at radius 3 is 2.78 bits per heavy atom. The van der Waals surface area contributed by atoms with Crippen molar-refractivity contribution in [2.45, 2.75) is 45.4 Å². The van der Waals surface area contributed by atoms with Gasteiger partial charge in [0.05, 0.1) is 12.2 Å². The average molecular weight is 246 g/mol. The number of rotatable bonds is 5. The second kappa shape index (κ2) is 6.58. The molecule has 1 aromatic carbocycles. The van der Waals surface area contributed by atoms with Gasteiger partial charge >= 0.3 is 0 Å². The maximum absolute atomic E-state index is 11.0. The molecule has 0 spiro atoms. The van der Waals surface area contributed by atoms with Crippen LogP contribution >= 0.6 is 0 Å². The summed E-state index contributed by atoms with van der Waals surface area (Å²) in [6.07, 6.45) is 8.82. The molecule has 1 fully saturated rings. The van der Waals surface area contributed by atoms with E-state index in [0.29, 0.717) is 5.56 Å². The van der Waals surface area contributed by atoms with E-state index >= 15 is 0 Å². The zero-order valence-electron chi connectivity index (χ0n) is 11.2. The summed E-state index contributed by atoms with van der Waals surface area (Å²) in [5.74, 6) is 1.55. The standard InChI is InChI=1S/C16H22O2/c1-13-7-8-16(15(11-13)12-17)18-10-9-14-5-3-2-4-6-14/h7-8,11-12,14H,2-6,9-10H2,1H3. The number of carbonyl (C=O) groups excluding carboxylic acids is 1. The Bertz CT molecular complexity index is 392. The predicted molar refractivity (Wildman–Crippen MR) is 73.3 cm³/mol. The lowest BCUT2D eigenvalue weighted by molar-refractivity contribution is 0.111. The molecule has 2 rings (SSSR count). The van der Waals surface area contributed by atoms with Gasteiger partial charge in [-0.05, 0) is 31.4 Å². The molecule has 0 atom stereocenters. The van der Waals surface area contributed by atoms with E-state index in [4.69, 9.17) is 4.74 Å². The van der Waals surface area contributed by atoms with Gasteiger partial charge in [0.1, 0.15) is 5.75 Å². The van der Waals surface area contributed by atoms with E-state index in [-0.39, 0.29) is 0 Å². The maximum atomic E-state index is 11.0. The lowest BCUT2D eigenvalue weighted by Gasteiger charge is -2.21. The Kier molecular flexibility index (Phi) is 4.80. The molecule has 1 aromatic rings. The SMILES string of the molecule is Cc1ccc(OCCC2CCCCC2)c(C=O)c1. The number of ether oxygens (including phenoxy) is 1. The molecular formula is C16H22O2. The summed E-state index contributed by atoms with van der Waals surface area (Å²) in [5, 5.41) is 0. The summed E-state index contributed by atoms with van der Waals surface area (Å²) >= 11 is 0. The molecule has 0 aromatic heterocycles. The van der Waals surface area contributed by atoms with Gasteiger partial charge in [-0.1, -0.05) is 43.7 Å². The van der Waals surface area contributed by atoms with Crippen molar-refractivity contribution in [1.29, 1.82) is 0 Å². The van der Waals surface area contributed by atoms with Crippen LogP contribution in [0.5, 0.6) is 5.75 Å². The Hall–Kier alpha value is -1.31. The van der Waals surface area contributed by atoms with Crippen molar-refractivity contribution in [2.24, 2.45) is 5.92 Å². The van der Waals surface area contributed by atoms with Crippen LogP contribution in [0, 0.1) is 12.8 Å². The van der Waals surface area contributed by atoms with Crippen LogP contribution in [0.1, 0.15) is 54.4 Å². The monoisotopic (exact) mass is 246 g/mol. The van der Waals surface area contributed by atoms with E-state index in [1.54, 1.807) is 0 Å². The molecule has 0 unspecified atom stereocenters. The summed E-state index contributed by atoms with van der Waals surface area (Å²) in [5.41, 5.74) is 1.76. The summed E-state index contributed by atoms with van der Waals surface area (Å²) in [4.78, 5) is 11.0. The van der Waals surface area contributed by atoms with Gasteiger partial charge < -0.3 is 4.74 Å². The average Bonchev–Trinajstić information content (AvgIpc) is 2.41. The Labute approximate surface area is 109 Å². The fourth-order valence-corrected chi connectivity index (χ4v) is 2.70. The fourth-order valence-electron chi connectivity index (χ4n) is 2.70. The normalized spacial score (nSPS) is 16.5. The zero-order chi connectivity index (χ0) is 12.8. The first-order valence-electron chi connectivity index (χ1n) is 6.98. The first-order valence-corrected chi connectivity index (χ1v) is 6.98. The van der Waals surface area contributed by atoms with Gasteiger partial charge in [-0.3, -0.25) is 4.79 Å². The maximum Gasteiger partial charge on any atom is 0.153 e. The lowest BCUT2D eigenvalue weighted by Crippen LogP contribution is -2.11. The third-order valence-corrected chi connectivity index (χ3v) is 3.80. The molecule has 0 aliphatic heterocycles. The smallest absolute Gasteiger partial charge is 0.153 e. The van der Waals surface area contributed by atoms with Crippen LogP contribution in [0.25, 0.3) is 0 Å². The Morgan fingerprint density at radius 1 is 1.28 bits per heavy atom. The van der Waals surface area contributed by atoms with Crippen LogP contribution in [0.4, 0.5) is 0 Å². The van der Waals surface area contributed by atoms with E-state index in [1.807, 2.05) is 25.1 Å². The fraction of sp³-hybridized carbons (Fsp3) is 0.562. The van der Waals surface area contributed by atoms with Crippen LogP contribution < -0.4 is 4.74 Å². The highest BCUT2D eigenvalue weighted by atomic mass is 16.5. The number of carbonyl (C=O) groups is 1. The third-order valence-electron chi connectivity index (χ3n) is 3.80. The van der Waals surface area contributed by atoms with E-state index in [2.05, 4.69) is 0 Å². The Morgan fingerprint density at radius 2 is 2.06 bits per heavy atom. The minimum Gasteiger partial charge on any atom is -0.493 e. The number of hydrogen-bond acceptors (Lipinski definition) is 2. The zero-order valence-corrected chi connectivity index (χ0v) is 11.2. The largest absolute Gasteiger partial charge is 0.493 e. The molecule has 0 saturated heterocycles. The molecule has 98 valence electrons. The van der Waals surface area contributed by atoms with E-state index in [9.17, 15) is 4.79 Å². The minimum atomic E-state index is 0.665. The van der Waals surface area contributed by atoms with Gasteiger partial charge in [-0.2, -0.15) is 0 Å². The van der Waals surface area contributed by atoms with Gasteiger partial charge in [0.15, 0.2) is 6.29 Å². The molecule has 0 amide bonds. The van der Waals surface area contributed by atoms with Crippen LogP contribution in [-0.4, -0.2) is 12.9 Å². The molecule has 1 aliphatic rings. The van der Waals surface area contributed by atoms with Crippen molar-refractivity contribution >= 4 is 6.29 Å². The molecule has 18 heavy (non-hydrogen) atoms. The van der Waals surface area contributed by atoms with Gasteiger partial charge in [0.25, 0.3) is 0 Å². The van der Waals surface area contributed by atoms with E-state index in [0.717, 1.165) is 36.5 Å². The second-order valence-electron chi connectivity index (χ2n) is 5.30. The molecule has 1 aliphatic carbocycles. The molecule has 0 bridgehead atoms. The summed E-state index contributed by atoms with van der Waals surface area (Å²) in [6.45, 7) is 2.72. The van der Waals surface area contributed by atoms with Crippen molar-refractivity contribution in [3.05, 3.63) is 29.3 Å². The van der Waals surface area contributed by atoms with E-state index in [1.165, 1.54) is 32.1 Å². The second-order valence-corrected chi connectivity index (χ2v) is 5.30. The summed E-state index contributed by atoms with van der Waals surface area (Å²) in [6, 6.07) is 5.77. The topological polar surface area (TPSA) is 26.3 Å². The molecule has 0 radical (unpaired) electrons. The van der Waals surface area contributed by atoms with Crippen LogP contribution in [-0.2, 0) is 0 Å². The van der Waals surface area contributed by atoms with E-state index < -0.39 is 0 Å². The summed E-state index contributed by atoms with van der Waals surface area (Å²) in [7, 11) is 0. The van der Waals surface area contributed by atoms with Crippen molar-refractivity contribution in [3.8, 4) is 5.75 Å². The predicted octanol–water partition coefficient (Wildman–Crippen LogP) is 4.16. The molecular weight excluding hydrogens is 224 g/mol. The number of benzene rings is 1. The third kappa shape index (κ3) is 3.59. The highest BCUT2D eigenvalue weighted by Crippen LogP contribution is 2.27. The van der Waals surface area contributed by atoms with Gasteiger partial charge in [0.2, 0.25) is 0 Å². The van der Waals surface area contributed by atoms with Gasteiger partial charge in [0, 0.05) is 0 Å². The first kappa shape index (κ1) is 13.1. The van der Waals surface area contributed by atoms with Crippen molar-refractivity contribution in [2.75, 3.05) is 6.61 Å². The number of aldehydes is 1. The van der Waals surface area contributed by atoms with Crippen molar-refractivity contribution in [1.82, 2.24) is 0 Å². The van der Waals surface area contributed by atoms with Crippen LogP contribution in [0.15, 0.2) is 18.2 Å². The minimum absolute atomic E-state index is 0.665. The number of aryl methyl sites for hydroxylation is 1. The van der Waals surface area contributed by atoms with Crippen LogP contribution in [0.3, 0.4) is 0 Å². The highest BCUT2D eigenvalue weighted by Gasteiger charge is 2.13. The molecule has 0 heterocycles. The van der Waals surface area contributed by atoms with Crippen molar-refractivity contribution in [3.63, 3.8) is 0 Å². The number of hydrogen-bond donors (Lipinski definition) is 0.